The number of Topliss-reactive ketones (excluding diaryl/α,β-unsaturated/α-hetero) is 1. The maximum atomic E-state index is 15.4. The van der Waals surface area contributed by atoms with Crippen LogP contribution in [0.15, 0.2) is 61.1 Å². The molecule has 0 radical (unpaired) electrons. The number of nitrogens with two attached hydrogens (primary N) is 1. The van der Waals surface area contributed by atoms with Gasteiger partial charge in [0.2, 0.25) is 0 Å². The molecule has 0 spiro atoms. The molecule has 4 aromatic rings. The van der Waals surface area contributed by atoms with Gasteiger partial charge in [0.05, 0.1) is 22.7 Å². The lowest BCUT2D eigenvalue weighted by Crippen LogP contribution is -2.46. The first-order valence-corrected chi connectivity index (χ1v) is 12.9. The number of hydrogen-bond acceptors (Lipinski definition) is 7. The van der Waals surface area contributed by atoms with Crippen LogP contribution in [-0.4, -0.2) is 63.7 Å². The number of halogens is 1. The first-order valence-electron chi connectivity index (χ1n) is 12.9. The van der Waals surface area contributed by atoms with Gasteiger partial charge in [-0.3, -0.25) is 4.79 Å². The van der Waals surface area contributed by atoms with Crippen LogP contribution in [0, 0.1) is 5.82 Å². The average Bonchev–Trinajstić information content (AvgIpc) is 3.63. The second-order valence-corrected chi connectivity index (χ2v) is 10.7. The highest BCUT2D eigenvalue weighted by atomic mass is 19.1. The van der Waals surface area contributed by atoms with E-state index in [4.69, 9.17) is 5.73 Å². The topological polar surface area (TPSA) is 111 Å². The van der Waals surface area contributed by atoms with Crippen LogP contribution in [0.3, 0.4) is 0 Å². The Kier molecular flexibility index (Phi) is 5.92. The number of ketones is 1. The fraction of sp³-hybridized carbons (Fsp3) is 0.345. The van der Waals surface area contributed by atoms with Gasteiger partial charge in [0.1, 0.15) is 23.6 Å². The number of aliphatic hydroxyl groups is 1. The summed E-state index contributed by atoms with van der Waals surface area (Å²) in [6.45, 7) is 3.19. The summed E-state index contributed by atoms with van der Waals surface area (Å²) in [5.74, 6) is -0.551. The van der Waals surface area contributed by atoms with Crippen molar-refractivity contribution in [3.05, 3.63) is 83.6 Å². The number of anilines is 2. The number of H-pyrrole nitrogens is 1. The largest absolute Gasteiger partial charge is 0.389 e. The van der Waals surface area contributed by atoms with Crippen molar-refractivity contribution in [2.24, 2.45) is 5.73 Å². The standard InChI is InChI=1S/C29H31FN6O2/c1-29(38)14-18-5-3-4-6-20(18)24(29)25(31)26(37)17-7-8-23(22(30)13-17)35(2)19-10-12-36(15-19)28-21-9-11-32-27(21)33-16-34-28/h3-9,11,13,16,19,24-25,38H,10,12,14-15,31H2,1-2H3,(H,32,33,34)/t19-,24?,25?,29?/m1/s1. The van der Waals surface area contributed by atoms with E-state index >= 15 is 4.39 Å². The lowest BCUT2D eigenvalue weighted by Gasteiger charge is -2.31. The number of nitrogens with zero attached hydrogens (tertiary/aromatic N) is 4. The van der Waals surface area contributed by atoms with Gasteiger partial charge in [-0.25, -0.2) is 14.4 Å². The first kappa shape index (κ1) is 24.5. The Morgan fingerprint density at radius 2 is 2.08 bits per heavy atom. The summed E-state index contributed by atoms with van der Waals surface area (Å²) in [7, 11) is 1.87. The Morgan fingerprint density at radius 1 is 1.26 bits per heavy atom. The van der Waals surface area contributed by atoms with Crippen molar-refractivity contribution in [2.45, 2.75) is 43.4 Å². The van der Waals surface area contributed by atoms with E-state index in [0.717, 1.165) is 40.9 Å². The minimum atomic E-state index is -1.15. The van der Waals surface area contributed by atoms with Crippen LogP contribution >= 0.6 is 0 Å². The molecule has 0 amide bonds. The number of likely N-dealkylation sites (N-methyl/N-ethyl adjacent to an activating group) is 1. The Labute approximate surface area is 220 Å². The maximum Gasteiger partial charge on any atom is 0.180 e. The summed E-state index contributed by atoms with van der Waals surface area (Å²) in [6.07, 6.45) is 4.66. The number of hydrogen-bond donors (Lipinski definition) is 3. The van der Waals surface area contributed by atoms with Crippen molar-refractivity contribution in [1.82, 2.24) is 15.0 Å². The zero-order chi connectivity index (χ0) is 26.6. The van der Waals surface area contributed by atoms with E-state index in [9.17, 15) is 9.90 Å². The number of carbonyl (C=O) groups excluding carboxylic acids is 1. The van der Waals surface area contributed by atoms with Crippen LogP contribution in [0.2, 0.25) is 0 Å². The van der Waals surface area contributed by atoms with Crippen LogP contribution in [0.5, 0.6) is 0 Å². The minimum absolute atomic E-state index is 0.0716. The minimum Gasteiger partial charge on any atom is -0.389 e. The molecule has 0 saturated carbocycles. The number of fused-ring (bicyclic) bond motifs is 2. The summed E-state index contributed by atoms with van der Waals surface area (Å²) in [5, 5.41) is 12.0. The molecule has 4 N–H and O–H groups in total. The Balaban J connectivity index is 1.19. The highest BCUT2D eigenvalue weighted by Crippen LogP contribution is 2.43. The molecule has 3 heterocycles. The van der Waals surface area contributed by atoms with E-state index in [-0.39, 0.29) is 17.4 Å². The molecule has 2 aliphatic rings. The third-order valence-electron chi connectivity index (χ3n) is 8.23. The van der Waals surface area contributed by atoms with Crippen LogP contribution < -0.4 is 15.5 Å². The van der Waals surface area contributed by atoms with Crippen molar-refractivity contribution < 1.29 is 14.3 Å². The highest BCUT2D eigenvalue weighted by Gasteiger charge is 2.46. The van der Waals surface area contributed by atoms with Gasteiger partial charge in [-0.05, 0) is 48.7 Å². The van der Waals surface area contributed by atoms with Gasteiger partial charge in [-0.15, -0.1) is 0 Å². The monoisotopic (exact) mass is 514 g/mol. The molecular formula is C29H31FN6O2. The lowest BCUT2D eigenvalue weighted by molar-refractivity contribution is 0.0331. The Morgan fingerprint density at radius 3 is 2.89 bits per heavy atom. The zero-order valence-electron chi connectivity index (χ0n) is 21.4. The van der Waals surface area contributed by atoms with E-state index < -0.39 is 23.4 Å². The molecule has 8 nitrogen and oxygen atoms in total. The van der Waals surface area contributed by atoms with Gasteiger partial charge in [0.25, 0.3) is 0 Å². The smallest absolute Gasteiger partial charge is 0.180 e. The molecule has 3 unspecified atom stereocenters. The van der Waals surface area contributed by atoms with Crippen molar-refractivity contribution >= 4 is 28.3 Å². The van der Waals surface area contributed by atoms with Gasteiger partial charge in [-0.1, -0.05) is 24.3 Å². The summed E-state index contributed by atoms with van der Waals surface area (Å²) in [5.41, 5.74) is 8.57. The number of aromatic amines is 1. The summed E-state index contributed by atoms with van der Waals surface area (Å²) >= 11 is 0. The van der Waals surface area contributed by atoms with Crippen molar-refractivity contribution in [1.29, 1.82) is 0 Å². The second kappa shape index (κ2) is 9.18. The summed E-state index contributed by atoms with van der Waals surface area (Å²) in [6, 6.07) is 13.2. The predicted molar refractivity (Wildman–Crippen MR) is 145 cm³/mol. The SMILES string of the molecule is CN(c1ccc(C(=O)C(N)C2c3ccccc3CC2(C)O)cc1F)[C@@H]1CCN(c2ncnc3[nH]ccc23)C1. The fourth-order valence-corrected chi connectivity index (χ4v) is 6.26. The summed E-state index contributed by atoms with van der Waals surface area (Å²) < 4.78 is 15.4. The fourth-order valence-electron chi connectivity index (χ4n) is 6.26. The van der Waals surface area contributed by atoms with E-state index in [0.29, 0.717) is 18.7 Å². The Hall–Kier alpha value is -3.82. The maximum absolute atomic E-state index is 15.4. The third-order valence-corrected chi connectivity index (χ3v) is 8.23. The van der Waals surface area contributed by atoms with Crippen LogP contribution in [-0.2, 0) is 6.42 Å². The van der Waals surface area contributed by atoms with Crippen molar-refractivity contribution in [2.75, 3.05) is 29.9 Å². The lowest BCUT2D eigenvalue weighted by atomic mass is 9.80. The molecule has 9 heteroatoms. The molecule has 38 heavy (non-hydrogen) atoms. The molecule has 2 aromatic carbocycles. The molecule has 2 aromatic heterocycles. The third kappa shape index (κ3) is 4.02. The van der Waals surface area contributed by atoms with Crippen LogP contribution in [0.1, 0.15) is 40.7 Å². The van der Waals surface area contributed by atoms with Crippen LogP contribution in [0.25, 0.3) is 11.0 Å². The first-order chi connectivity index (χ1) is 18.2. The Bertz CT molecular complexity index is 1520. The van der Waals surface area contributed by atoms with Gasteiger partial charge in [0.15, 0.2) is 5.78 Å². The molecule has 1 saturated heterocycles. The van der Waals surface area contributed by atoms with Gasteiger partial charge in [-0.2, -0.15) is 0 Å². The molecule has 196 valence electrons. The van der Waals surface area contributed by atoms with Gasteiger partial charge >= 0.3 is 0 Å². The molecular weight excluding hydrogens is 483 g/mol. The number of carbonyl (C=O) groups is 1. The molecule has 4 atom stereocenters. The quantitative estimate of drug-likeness (QED) is 0.338. The van der Waals surface area contributed by atoms with E-state index in [1.165, 1.54) is 6.07 Å². The molecule has 1 aliphatic carbocycles. The zero-order valence-corrected chi connectivity index (χ0v) is 21.4. The number of nitrogens with one attached hydrogen (secondary N) is 1. The van der Waals surface area contributed by atoms with Gasteiger partial charge in [0, 0.05) is 50.3 Å². The molecule has 6 rings (SSSR count). The van der Waals surface area contributed by atoms with Crippen molar-refractivity contribution in [3.8, 4) is 0 Å². The average molecular weight is 515 g/mol. The van der Waals surface area contributed by atoms with E-state index in [2.05, 4.69) is 19.9 Å². The molecule has 0 bridgehead atoms. The predicted octanol–water partition coefficient (Wildman–Crippen LogP) is 3.41. The molecule has 1 aliphatic heterocycles. The molecule has 1 fully saturated rings. The number of aromatic nitrogens is 3. The number of rotatable bonds is 6. The highest BCUT2D eigenvalue weighted by molar-refractivity contribution is 6.01. The summed E-state index contributed by atoms with van der Waals surface area (Å²) in [4.78, 5) is 29.3. The van der Waals surface area contributed by atoms with E-state index in [1.807, 2.05) is 48.5 Å². The van der Waals surface area contributed by atoms with Gasteiger partial charge < -0.3 is 25.6 Å². The van der Waals surface area contributed by atoms with E-state index in [1.54, 1.807) is 25.4 Å². The van der Waals surface area contributed by atoms with Crippen LogP contribution in [0.4, 0.5) is 15.9 Å². The van der Waals surface area contributed by atoms with Crippen molar-refractivity contribution in [3.63, 3.8) is 0 Å². The second-order valence-electron chi connectivity index (χ2n) is 10.7. The number of benzene rings is 2. The normalized spacial score (nSPS) is 23.6.